The predicted octanol–water partition coefficient (Wildman–Crippen LogP) is 2.06. The summed E-state index contributed by atoms with van der Waals surface area (Å²) in [6.07, 6.45) is 1.36. The Hall–Kier alpha value is -2.24. The maximum Gasteiger partial charge on any atom is 0.221 e. The van der Waals surface area contributed by atoms with Crippen molar-refractivity contribution in [3.8, 4) is 5.75 Å². The molecule has 0 aliphatic rings. The molecule has 1 aromatic rings. The SMILES string of the molecule is CCNC(=NCc1cccc(OC)c1)NCCC(=O)NC(C)CC. The molecule has 6 nitrogen and oxygen atoms in total. The number of benzene rings is 1. The Morgan fingerprint density at radius 3 is 2.75 bits per heavy atom. The van der Waals surface area contributed by atoms with Crippen molar-refractivity contribution in [3.05, 3.63) is 29.8 Å². The van der Waals surface area contributed by atoms with Crippen molar-refractivity contribution in [2.45, 2.75) is 46.2 Å². The van der Waals surface area contributed by atoms with Gasteiger partial charge in [0.05, 0.1) is 13.7 Å². The topological polar surface area (TPSA) is 74.8 Å². The third-order valence-corrected chi connectivity index (χ3v) is 3.56. The van der Waals surface area contributed by atoms with Crippen LogP contribution in [0, 0.1) is 0 Å². The summed E-state index contributed by atoms with van der Waals surface area (Å²) in [7, 11) is 1.65. The van der Waals surface area contributed by atoms with Gasteiger partial charge in [0.1, 0.15) is 5.75 Å². The second-order valence-electron chi connectivity index (χ2n) is 5.60. The first kappa shape index (κ1) is 19.8. The van der Waals surface area contributed by atoms with Crippen LogP contribution in [0.15, 0.2) is 29.3 Å². The van der Waals surface area contributed by atoms with Crippen LogP contribution >= 0.6 is 0 Å². The number of guanidine groups is 1. The minimum Gasteiger partial charge on any atom is -0.497 e. The number of hydrogen-bond donors (Lipinski definition) is 3. The number of carbonyl (C=O) groups excluding carboxylic acids is 1. The lowest BCUT2D eigenvalue weighted by Crippen LogP contribution is -2.40. The van der Waals surface area contributed by atoms with Crippen molar-refractivity contribution < 1.29 is 9.53 Å². The van der Waals surface area contributed by atoms with E-state index < -0.39 is 0 Å². The number of rotatable bonds is 9. The molecule has 0 fully saturated rings. The first-order valence-electron chi connectivity index (χ1n) is 8.53. The highest BCUT2D eigenvalue weighted by molar-refractivity contribution is 5.81. The summed E-state index contributed by atoms with van der Waals surface area (Å²) in [5.41, 5.74) is 1.07. The monoisotopic (exact) mass is 334 g/mol. The molecule has 0 saturated carbocycles. The number of ether oxygens (including phenoxy) is 1. The summed E-state index contributed by atoms with van der Waals surface area (Å²) in [5, 5.41) is 9.32. The molecule has 24 heavy (non-hydrogen) atoms. The Kier molecular flexibility index (Phi) is 9.34. The number of methoxy groups -OCH3 is 1. The van der Waals surface area contributed by atoms with E-state index in [1.807, 2.05) is 38.1 Å². The van der Waals surface area contributed by atoms with E-state index in [0.29, 0.717) is 25.5 Å². The summed E-state index contributed by atoms with van der Waals surface area (Å²) in [4.78, 5) is 16.3. The molecule has 0 aliphatic carbocycles. The normalized spacial score (nSPS) is 12.4. The Morgan fingerprint density at radius 1 is 1.29 bits per heavy atom. The van der Waals surface area contributed by atoms with Crippen LogP contribution in [0.5, 0.6) is 5.75 Å². The van der Waals surface area contributed by atoms with E-state index in [4.69, 9.17) is 4.74 Å². The highest BCUT2D eigenvalue weighted by atomic mass is 16.5. The van der Waals surface area contributed by atoms with Crippen LogP contribution in [0.3, 0.4) is 0 Å². The number of nitrogens with one attached hydrogen (secondary N) is 3. The van der Waals surface area contributed by atoms with Gasteiger partial charge >= 0.3 is 0 Å². The van der Waals surface area contributed by atoms with E-state index in [9.17, 15) is 4.79 Å². The molecule has 1 unspecified atom stereocenters. The third-order valence-electron chi connectivity index (χ3n) is 3.56. The zero-order chi connectivity index (χ0) is 17.8. The number of hydrogen-bond acceptors (Lipinski definition) is 3. The maximum atomic E-state index is 11.8. The molecule has 0 spiro atoms. The van der Waals surface area contributed by atoms with E-state index in [1.54, 1.807) is 7.11 Å². The van der Waals surface area contributed by atoms with Crippen molar-refractivity contribution in [3.63, 3.8) is 0 Å². The Balaban J connectivity index is 2.49. The number of carbonyl (C=O) groups is 1. The summed E-state index contributed by atoms with van der Waals surface area (Å²) in [5.74, 6) is 1.58. The zero-order valence-electron chi connectivity index (χ0n) is 15.2. The van der Waals surface area contributed by atoms with Crippen molar-refractivity contribution in [1.29, 1.82) is 0 Å². The maximum absolute atomic E-state index is 11.8. The van der Waals surface area contributed by atoms with E-state index in [1.165, 1.54) is 0 Å². The van der Waals surface area contributed by atoms with Crippen LogP contribution in [0.1, 0.15) is 39.2 Å². The predicted molar refractivity (Wildman–Crippen MR) is 98.3 cm³/mol. The van der Waals surface area contributed by atoms with Gasteiger partial charge in [-0.25, -0.2) is 4.99 Å². The molecule has 0 saturated heterocycles. The van der Waals surface area contributed by atoms with E-state index in [2.05, 4.69) is 27.9 Å². The highest BCUT2D eigenvalue weighted by Gasteiger charge is 2.05. The minimum atomic E-state index is 0.0560. The lowest BCUT2D eigenvalue weighted by Gasteiger charge is -2.13. The molecule has 0 aromatic heterocycles. The standard InChI is InChI=1S/C18H30N4O2/c1-5-14(3)22-17(23)10-11-20-18(19-6-2)21-13-15-8-7-9-16(12-15)24-4/h7-9,12,14H,5-6,10-11,13H2,1-4H3,(H,22,23)(H2,19,20,21). The fourth-order valence-electron chi connectivity index (χ4n) is 2.03. The van der Waals surface area contributed by atoms with Gasteiger partial charge in [0.25, 0.3) is 0 Å². The Labute approximate surface area is 145 Å². The smallest absolute Gasteiger partial charge is 0.221 e. The second-order valence-corrected chi connectivity index (χ2v) is 5.60. The number of nitrogens with zero attached hydrogens (tertiary/aromatic N) is 1. The fourth-order valence-corrected chi connectivity index (χ4v) is 2.03. The van der Waals surface area contributed by atoms with Crippen molar-refractivity contribution in [2.75, 3.05) is 20.2 Å². The van der Waals surface area contributed by atoms with Crippen LogP contribution in [0.2, 0.25) is 0 Å². The van der Waals surface area contributed by atoms with Gasteiger partial charge in [-0.3, -0.25) is 4.79 Å². The highest BCUT2D eigenvalue weighted by Crippen LogP contribution is 2.13. The molecular formula is C18H30N4O2. The van der Waals surface area contributed by atoms with Gasteiger partial charge in [-0.15, -0.1) is 0 Å². The minimum absolute atomic E-state index is 0.0560. The van der Waals surface area contributed by atoms with Gasteiger partial charge < -0.3 is 20.7 Å². The van der Waals surface area contributed by atoms with Gasteiger partial charge in [0, 0.05) is 25.6 Å². The molecule has 134 valence electrons. The van der Waals surface area contributed by atoms with Gasteiger partial charge in [0.15, 0.2) is 5.96 Å². The molecule has 0 heterocycles. The summed E-state index contributed by atoms with van der Waals surface area (Å²) >= 11 is 0. The lowest BCUT2D eigenvalue weighted by atomic mass is 10.2. The van der Waals surface area contributed by atoms with E-state index >= 15 is 0 Å². The molecule has 6 heteroatoms. The fraction of sp³-hybridized carbons (Fsp3) is 0.556. The van der Waals surface area contributed by atoms with Gasteiger partial charge in [-0.05, 0) is 38.0 Å². The van der Waals surface area contributed by atoms with Gasteiger partial charge in [0.2, 0.25) is 5.91 Å². The Morgan fingerprint density at radius 2 is 2.08 bits per heavy atom. The quantitative estimate of drug-likeness (QED) is 0.477. The van der Waals surface area contributed by atoms with Crippen LogP contribution in [-0.4, -0.2) is 38.1 Å². The molecule has 0 radical (unpaired) electrons. The van der Waals surface area contributed by atoms with Gasteiger partial charge in [-0.2, -0.15) is 0 Å². The average molecular weight is 334 g/mol. The summed E-state index contributed by atoms with van der Waals surface area (Å²) in [6.45, 7) is 7.93. The second kappa shape index (κ2) is 11.3. The number of amides is 1. The zero-order valence-corrected chi connectivity index (χ0v) is 15.2. The first-order chi connectivity index (χ1) is 11.6. The van der Waals surface area contributed by atoms with Crippen LogP contribution in [0.25, 0.3) is 0 Å². The van der Waals surface area contributed by atoms with Crippen LogP contribution in [-0.2, 0) is 11.3 Å². The molecule has 0 aliphatic heterocycles. The molecule has 0 bridgehead atoms. The van der Waals surface area contributed by atoms with E-state index in [0.717, 1.165) is 24.3 Å². The summed E-state index contributed by atoms with van der Waals surface area (Å²) < 4.78 is 5.22. The van der Waals surface area contributed by atoms with Gasteiger partial charge in [-0.1, -0.05) is 19.1 Å². The third kappa shape index (κ3) is 7.85. The molecule has 1 aromatic carbocycles. The molecule has 3 N–H and O–H groups in total. The van der Waals surface area contributed by atoms with Crippen molar-refractivity contribution in [2.24, 2.45) is 4.99 Å². The molecule has 1 amide bonds. The van der Waals surface area contributed by atoms with Crippen LogP contribution in [0.4, 0.5) is 0 Å². The van der Waals surface area contributed by atoms with E-state index in [-0.39, 0.29) is 11.9 Å². The lowest BCUT2D eigenvalue weighted by molar-refractivity contribution is -0.121. The average Bonchev–Trinajstić information content (AvgIpc) is 2.59. The molecular weight excluding hydrogens is 304 g/mol. The van der Waals surface area contributed by atoms with Crippen molar-refractivity contribution >= 4 is 11.9 Å². The summed E-state index contributed by atoms with van der Waals surface area (Å²) in [6, 6.07) is 8.05. The van der Waals surface area contributed by atoms with Crippen molar-refractivity contribution in [1.82, 2.24) is 16.0 Å². The van der Waals surface area contributed by atoms with Crippen LogP contribution < -0.4 is 20.7 Å². The largest absolute Gasteiger partial charge is 0.497 e. The molecule has 1 atom stereocenters. The Bertz CT molecular complexity index is 532. The first-order valence-corrected chi connectivity index (χ1v) is 8.53. The number of aliphatic imine (C=N–C) groups is 1. The molecule has 1 rings (SSSR count).